The number of nitrogens with zero attached hydrogens (tertiary/aromatic N) is 1. The molecule has 0 aromatic heterocycles. The average Bonchev–Trinajstić information content (AvgIpc) is 2.79. The fraction of sp³-hybridized carbons (Fsp3) is 0.174. The number of aryl methyl sites for hydroxylation is 1. The molecule has 12 heteroatoms. The van der Waals surface area contributed by atoms with Crippen molar-refractivity contribution >= 4 is 54.6 Å². The van der Waals surface area contributed by atoms with Crippen molar-refractivity contribution in [3.05, 3.63) is 77.3 Å². The topological polar surface area (TPSA) is 122 Å². The SMILES string of the molecule is COc1ccc(NS(=O)(=O)c2ccc(NC(=O)CN(c3cc(Cl)ccc3C)S(C)(=O)=O)cc2)cc1. The van der Waals surface area contributed by atoms with Gasteiger partial charge in [-0.15, -0.1) is 0 Å². The van der Waals surface area contributed by atoms with Crippen LogP contribution in [-0.2, 0) is 24.8 Å². The lowest BCUT2D eigenvalue weighted by Crippen LogP contribution is -2.37. The third kappa shape index (κ3) is 6.87. The molecule has 186 valence electrons. The molecule has 0 aliphatic heterocycles. The smallest absolute Gasteiger partial charge is 0.261 e. The molecule has 3 rings (SSSR count). The quantitative estimate of drug-likeness (QED) is 0.427. The van der Waals surface area contributed by atoms with Crippen molar-refractivity contribution in [2.75, 3.05) is 34.3 Å². The second kappa shape index (κ2) is 10.5. The summed E-state index contributed by atoms with van der Waals surface area (Å²) in [5.74, 6) is -0.0187. The number of nitrogens with one attached hydrogen (secondary N) is 2. The van der Waals surface area contributed by atoms with Crippen LogP contribution >= 0.6 is 11.6 Å². The molecule has 0 bridgehead atoms. The third-order valence-electron chi connectivity index (χ3n) is 4.92. The molecule has 2 N–H and O–H groups in total. The van der Waals surface area contributed by atoms with E-state index in [-0.39, 0.29) is 4.90 Å². The van der Waals surface area contributed by atoms with Crippen molar-refractivity contribution in [1.82, 2.24) is 0 Å². The molecule has 0 saturated carbocycles. The Morgan fingerprint density at radius 3 is 2.11 bits per heavy atom. The van der Waals surface area contributed by atoms with Crippen LogP contribution in [0.25, 0.3) is 0 Å². The van der Waals surface area contributed by atoms with E-state index in [0.717, 1.165) is 10.6 Å². The highest BCUT2D eigenvalue weighted by molar-refractivity contribution is 7.92. The minimum absolute atomic E-state index is 0.0152. The van der Waals surface area contributed by atoms with Crippen molar-refractivity contribution in [3.8, 4) is 5.75 Å². The molecule has 0 atom stereocenters. The van der Waals surface area contributed by atoms with Crippen LogP contribution in [-0.4, -0.2) is 42.7 Å². The molecule has 0 unspecified atom stereocenters. The Labute approximate surface area is 209 Å². The van der Waals surface area contributed by atoms with E-state index in [1.54, 1.807) is 43.3 Å². The number of methoxy groups -OCH3 is 1. The number of hydrogen-bond acceptors (Lipinski definition) is 6. The zero-order chi connectivity index (χ0) is 25.8. The highest BCUT2D eigenvalue weighted by Crippen LogP contribution is 2.26. The minimum Gasteiger partial charge on any atom is -0.497 e. The molecule has 3 aromatic rings. The first kappa shape index (κ1) is 26.3. The largest absolute Gasteiger partial charge is 0.497 e. The normalized spacial score (nSPS) is 11.5. The fourth-order valence-corrected chi connectivity index (χ4v) is 5.28. The van der Waals surface area contributed by atoms with Crippen LogP contribution in [0, 0.1) is 6.92 Å². The van der Waals surface area contributed by atoms with Crippen LogP contribution in [0.15, 0.2) is 71.6 Å². The minimum atomic E-state index is -3.86. The second-order valence-corrected chi connectivity index (χ2v) is 11.6. The number of hydrogen-bond donors (Lipinski definition) is 2. The number of anilines is 3. The van der Waals surface area contributed by atoms with Gasteiger partial charge in [0.1, 0.15) is 12.3 Å². The zero-order valence-corrected chi connectivity index (χ0v) is 21.5. The summed E-state index contributed by atoms with van der Waals surface area (Å²) < 4.78 is 58.5. The lowest BCUT2D eigenvalue weighted by atomic mass is 10.2. The lowest BCUT2D eigenvalue weighted by molar-refractivity contribution is -0.114. The summed E-state index contributed by atoms with van der Waals surface area (Å²) in [4.78, 5) is 12.6. The van der Waals surface area contributed by atoms with E-state index in [1.165, 1.54) is 37.4 Å². The van der Waals surface area contributed by atoms with Crippen molar-refractivity contribution < 1.29 is 26.4 Å². The van der Waals surface area contributed by atoms with Gasteiger partial charge in [0.05, 0.1) is 23.9 Å². The van der Waals surface area contributed by atoms with E-state index < -0.39 is 32.5 Å². The first-order chi connectivity index (χ1) is 16.4. The van der Waals surface area contributed by atoms with E-state index in [2.05, 4.69) is 10.0 Å². The molecule has 1 amide bonds. The zero-order valence-electron chi connectivity index (χ0n) is 19.1. The van der Waals surface area contributed by atoms with Gasteiger partial charge in [-0.25, -0.2) is 16.8 Å². The molecule has 0 aliphatic rings. The van der Waals surface area contributed by atoms with Crippen LogP contribution in [0.3, 0.4) is 0 Å². The van der Waals surface area contributed by atoms with Gasteiger partial charge in [0, 0.05) is 16.4 Å². The summed E-state index contributed by atoms with van der Waals surface area (Å²) in [6, 6.07) is 16.6. The molecule has 9 nitrogen and oxygen atoms in total. The number of sulfonamides is 2. The Morgan fingerprint density at radius 1 is 0.943 bits per heavy atom. The van der Waals surface area contributed by atoms with E-state index in [0.29, 0.717) is 33.4 Å². The van der Waals surface area contributed by atoms with E-state index >= 15 is 0 Å². The third-order valence-corrected chi connectivity index (χ3v) is 7.68. The summed E-state index contributed by atoms with van der Waals surface area (Å²) in [6.45, 7) is 1.22. The number of rotatable bonds is 9. The Morgan fingerprint density at radius 2 is 1.54 bits per heavy atom. The van der Waals surface area contributed by atoms with Gasteiger partial charge in [-0.05, 0) is 73.2 Å². The number of amides is 1. The van der Waals surface area contributed by atoms with Gasteiger partial charge in [-0.2, -0.15) is 0 Å². The Hall–Kier alpha value is -3.28. The standard InChI is InChI=1S/C23H24ClN3O6S2/c1-16-4-5-17(24)14-22(16)27(34(3,29)30)15-23(28)25-18-8-12-21(13-9-18)35(31,32)26-19-6-10-20(33-2)11-7-19/h4-14,26H,15H2,1-3H3,(H,25,28). The van der Waals surface area contributed by atoms with Crippen molar-refractivity contribution in [3.63, 3.8) is 0 Å². The fourth-order valence-electron chi connectivity index (χ4n) is 3.15. The predicted molar refractivity (Wildman–Crippen MR) is 137 cm³/mol. The maximum atomic E-state index is 12.6. The van der Waals surface area contributed by atoms with Gasteiger partial charge >= 0.3 is 0 Å². The van der Waals surface area contributed by atoms with Crippen LogP contribution < -0.4 is 19.1 Å². The van der Waals surface area contributed by atoms with Crippen LogP contribution in [0.2, 0.25) is 5.02 Å². The van der Waals surface area contributed by atoms with Gasteiger partial charge in [0.25, 0.3) is 10.0 Å². The summed E-state index contributed by atoms with van der Waals surface area (Å²) in [7, 11) is -6.14. The summed E-state index contributed by atoms with van der Waals surface area (Å²) in [5, 5.41) is 2.92. The van der Waals surface area contributed by atoms with Crippen LogP contribution in [0.5, 0.6) is 5.75 Å². The molecule has 0 aliphatic carbocycles. The highest BCUT2D eigenvalue weighted by atomic mass is 35.5. The number of carbonyl (C=O) groups excluding carboxylic acids is 1. The van der Waals surface area contributed by atoms with Crippen molar-refractivity contribution in [2.45, 2.75) is 11.8 Å². The van der Waals surface area contributed by atoms with Gasteiger partial charge in [0.15, 0.2) is 0 Å². The summed E-state index contributed by atoms with van der Waals surface area (Å²) in [5.41, 5.74) is 1.59. The number of carbonyl (C=O) groups is 1. The number of benzene rings is 3. The van der Waals surface area contributed by atoms with Gasteiger partial charge in [0.2, 0.25) is 15.9 Å². The maximum Gasteiger partial charge on any atom is 0.261 e. The molecule has 0 fully saturated rings. The van der Waals surface area contributed by atoms with Crippen molar-refractivity contribution in [1.29, 1.82) is 0 Å². The summed E-state index contributed by atoms with van der Waals surface area (Å²) in [6.07, 6.45) is 0.996. The molecular weight excluding hydrogens is 514 g/mol. The highest BCUT2D eigenvalue weighted by Gasteiger charge is 2.23. The van der Waals surface area contributed by atoms with Gasteiger partial charge < -0.3 is 10.1 Å². The molecule has 0 heterocycles. The molecule has 35 heavy (non-hydrogen) atoms. The molecule has 0 saturated heterocycles. The van der Waals surface area contributed by atoms with E-state index in [4.69, 9.17) is 16.3 Å². The van der Waals surface area contributed by atoms with E-state index in [9.17, 15) is 21.6 Å². The Kier molecular flexibility index (Phi) is 7.93. The maximum absolute atomic E-state index is 12.6. The van der Waals surface area contributed by atoms with Crippen molar-refractivity contribution in [2.24, 2.45) is 0 Å². The van der Waals surface area contributed by atoms with Crippen LogP contribution in [0.4, 0.5) is 17.1 Å². The first-order valence-corrected chi connectivity index (χ1v) is 13.9. The monoisotopic (exact) mass is 537 g/mol. The molecular formula is C23H24ClN3O6S2. The lowest BCUT2D eigenvalue weighted by Gasteiger charge is -2.23. The molecule has 0 radical (unpaired) electrons. The van der Waals surface area contributed by atoms with E-state index in [1.807, 2.05) is 0 Å². The molecule has 0 spiro atoms. The van der Waals surface area contributed by atoms with Gasteiger partial charge in [-0.1, -0.05) is 17.7 Å². The van der Waals surface area contributed by atoms with Crippen LogP contribution in [0.1, 0.15) is 5.56 Å². The number of ether oxygens (including phenoxy) is 1. The second-order valence-electron chi connectivity index (χ2n) is 7.61. The molecule has 3 aromatic carbocycles. The Balaban J connectivity index is 1.72. The summed E-state index contributed by atoms with van der Waals surface area (Å²) >= 11 is 6.01. The van der Waals surface area contributed by atoms with Gasteiger partial charge in [-0.3, -0.25) is 13.8 Å². The Bertz CT molecular complexity index is 1430. The first-order valence-electron chi connectivity index (χ1n) is 10.2. The number of halogens is 1. The predicted octanol–water partition coefficient (Wildman–Crippen LogP) is 3.86. The average molecular weight is 538 g/mol.